The highest BCUT2D eigenvalue weighted by Gasteiger charge is 1.99. The molecule has 1 heterocycles. The first-order valence-electron chi connectivity index (χ1n) is 4.99. The highest BCUT2D eigenvalue weighted by Crippen LogP contribution is 1.97. The van der Waals surface area contributed by atoms with Crippen molar-refractivity contribution in [1.29, 1.82) is 0 Å². The number of H-pyrrole nitrogens is 1. The van der Waals surface area contributed by atoms with E-state index >= 15 is 0 Å². The number of hydrogen-bond donors (Lipinski definition) is 4. The van der Waals surface area contributed by atoms with E-state index in [2.05, 4.69) is 20.6 Å². The zero-order valence-corrected chi connectivity index (χ0v) is 9.04. The van der Waals surface area contributed by atoms with Crippen LogP contribution in [0.15, 0.2) is 10.9 Å². The predicted octanol–water partition coefficient (Wildman–Crippen LogP) is -0.587. The number of carbonyl (C=O) groups is 1. The number of primary amides is 1. The Morgan fingerprint density at radius 2 is 2.31 bits per heavy atom. The number of hydrogen-bond acceptors (Lipinski definition) is 4. The second-order valence-electron chi connectivity index (χ2n) is 3.15. The maximum atomic E-state index is 11.2. The lowest BCUT2D eigenvalue weighted by Gasteiger charge is -2.06. The molecule has 0 aromatic carbocycles. The fourth-order valence-electron chi connectivity index (χ4n) is 1.14. The van der Waals surface area contributed by atoms with Crippen molar-refractivity contribution in [3.05, 3.63) is 22.2 Å². The van der Waals surface area contributed by atoms with Crippen LogP contribution in [-0.4, -0.2) is 29.1 Å². The zero-order chi connectivity index (χ0) is 12.0. The fraction of sp³-hybridized carbons (Fsp3) is 0.444. The molecule has 0 bridgehead atoms. The van der Waals surface area contributed by atoms with E-state index in [1.54, 1.807) is 0 Å². The van der Waals surface area contributed by atoms with Gasteiger partial charge in [-0.2, -0.15) is 0 Å². The number of anilines is 1. The van der Waals surface area contributed by atoms with Gasteiger partial charge in [-0.3, -0.25) is 4.79 Å². The molecule has 0 saturated carbocycles. The van der Waals surface area contributed by atoms with E-state index in [0.29, 0.717) is 31.2 Å². The first-order chi connectivity index (χ1) is 7.61. The summed E-state index contributed by atoms with van der Waals surface area (Å²) in [6, 6.07) is 0.790. The summed E-state index contributed by atoms with van der Waals surface area (Å²) in [6.45, 7) is 2.74. The zero-order valence-electron chi connectivity index (χ0n) is 9.04. The highest BCUT2D eigenvalue weighted by molar-refractivity contribution is 5.71. The van der Waals surface area contributed by atoms with Crippen LogP contribution in [0.25, 0.3) is 0 Å². The van der Waals surface area contributed by atoms with Crippen molar-refractivity contribution in [2.45, 2.75) is 13.3 Å². The Morgan fingerprint density at radius 1 is 1.56 bits per heavy atom. The molecular weight excluding hydrogens is 210 g/mol. The van der Waals surface area contributed by atoms with Crippen molar-refractivity contribution < 1.29 is 4.79 Å². The largest absolute Gasteiger partial charge is 0.368 e. The van der Waals surface area contributed by atoms with Gasteiger partial charge in [-0.05, 0) is 0 Å². The van der Waals surface area contributed by atoms with Crippen LogP contribution >= 0.6 is 0 Å². The third-order valence-electron chi connectivity index (χ3n) is 1.86. The minimum atomic E-state index is -0.574. The molecule has 7 nitrogen and oxygen atoms in total. The summed E-state index contributed by atoms with van der Waals surface area (Å²) in [7, 11) is 0. The Bertz CT molecular complexity index is 415. The molecule has 0 atom stereocenters. The van der Waals surface area contributed by atoms with Gasteiger partial charge in [0, 0.05) is 25.6 Å². The first kappa shape index (κ1) is 12.0. The Hall–Kier alpha value is -2.05. The van der Waals surface area contributed by atoms with E-state index in [4.69, 9.17) is 5.73 Å². The summed E-state index contributed by atoms with van der Waals surface area (Å²) in [5.41, 5.74) is 4.70. The number of nitrogens with one attached hydrogen (secondary N) is 3. The number of nitrogens with zero attached hydrogens (tertiary/aromatic N) is 1. The molecule has 0 fully saturated rings. The first-order valence-corrected chi connectivity index (χ1v) is 4.99. The van der Waals surface area contributed by atoms with Crippen molar-refractivity contribution in [3.63, 3.8) is 0 Å². The molecule has 2 amide bonds. The number of aromatic amines is 1. The number of aromatic nitrogens is 2. The molecule has 7 heteroatoms. The number of urea groups is 1. The molecule has 16 heavy (non-hydrogen) atoms. The van der Waals surface area contributed by atoms with Gasteiger partial charge in [-0.15, -0.1) is 0 Å². The molecule has 0 saturated heterocycles. The lowest BCUT2D eigenvalue weighted by atomic mass is 10.4. The minimum Gasteiger partial charge on any atom is -0.368 e. The molecule has 0 radical (unpaired) electrons. The maximum absolute atomic E-state index is 11.2. The monoisotopic (exact) mass is 225 g/mol. The maximum Gasteiger partial charge on any atom is 0.312 e. The summed E-state index contributed by atoms with van der Waals surface area (Å²) >= 11 is 0. The third kappa shape index (κ3) is 3.99. The Morgan fingerprint density at radius 3 is 2.94 bits per heavy atom. The van der Waals surface area contributed by atoms with Crippen LogP contribution in [0.5, 0.6) is 0 Å². The average molecular weight is 225 g/mol. The van der Waals surface area contributed by atoms with Crippen LogP contribution in [0.1, 0.15) is 12.7 Å². The summed E-state index contributed by atoms with van der Waals surface area (Å²) in [4.78, 5) is 28.3. The number of nitrogens with two attached hydrogens (primary N) is 1. The molecule has 88 valence electrons. The second-order valence-corrected chi connectivity index (χ2v) is 3.15. The summed E-state index contributed by atoms with van der Waals surface area (Å²) < 4.78 is 0. The van der Waals surface area contributed by atoms with E-state index in [1.165, 1.54) is 6.07 Å². The van der Waals surface area contributed by atoms with Gasteiger partial charge in [-0.25, -0.2) is 9.78 Å². The van der Waals surface area contributed by atoms with Gasteiger partial charge in [0.15, 0.2) is 0 Å². The van der Waals surface area contributed by atoms with E-state index in [1.807, 2.05) is 6.92 Å². The lowest BCUT2D eigenvalue weighted by Crippen LogP contribution is -2.33. The Labute approximate surface area is 92.5 Å². The molecule has 0 aliphatic heterocycles. The molecular formula is C9H15N5O2. The van der Waals surface area contributed by atoms with E-state index in [9.17, 15) is 9.59 Å². The average Bonchev–Trinajstić information content (AvgIpc) is 2.23. The van der Waals surface area contributed by atoms with Gasteiger partial charge in [0.25, 0.3) is 5.56 Å². The molecule has 1 aromatic rings. The van der Waals surface area contributed by atoms with Crippen molar-refractivity contribution in [1.82, 2.24) is 15.3 Å². The van der Waals surface area contributed by atoms with Crippen LogP contribution in [0.2, 0.25) is 0 Å². The van der Waals surface area contributed by atoms with Gasteiger partial charge in [0.2, 0.25) is 0 Å². The number of carbonyl (C=O) groups excluding carboxylic acids is 1. The topological polar surface area (TPSA) is 113 Å². The van der Waals surface area contributed by atoms with E-state index in [0.717, 1.165) is 0 Å². The summed E-state index contributed by atoms with van der Waals surface area (Å²) in [5, 5.41) is 5.34. The molecule has 1 aromatic heterocycles. The van der Waals surface area contributed by atoms with Crippen molar-refractivity contribution >= 4 is 11.8 Å². The smallest absolute Gasteiger partial charge is 0.312 e. The molecule has 1 rings (SSSR count). The van der Waals surface area contributed by atoms with Crippen molar-refractivity contribution in [2.24, 2.45) is 5.73 Å². The SMILES string of the molecule is CCc1nc(NCCNC(N)=O)cc(=O)[nH]1. The summed E-state index contributed by atoms with van der Waals surface area (Å²) in [6.07, 6.45) is 0.657. The van der Waals surface area contributed by atoms with Gasteiger partial charge >= 0.3 is 6.03 Å². The normalized spacial score (nSPS) is 9.81. The van der Waals surface area contributed by atoms with Crippen LogP contribution in [0, 0.1) is 0 Å². The van der Waals surface area contributed by atoms with Crippen LogP contribution in [0.3, 0.4) is 0 Å². The van der Waals surface area contributed by atoms with Gasteiger partial charge in [0.05, 0.1) is 0 Å². The van der Waals surface area contributed by atoms with Gasteiger partial charge in [-0.1, -0.05) is 6.92 Å². The van der Waals surface area contributed by atoms with E-state index < -0.39 is 6.03 Å². The van der Waals surface area contributed by atoms with Gasteiger partial charge < -0.3 is 21.4 Å². The third-order valence-corrected chi connectivity index (χ3v) is 1.86. The standard InChI is InChI=1S/C9H15N5O2/c1-2-6-13-7(5-8(15)14-6)11-3-4-12-9(10)16/h5H,2-4H2,1H3,(H3,10,12,16)(H2,11,13,14,15). The van der Waals surface area contributed by atoms with E-state index in [-0.39, 0.29) is 5.56 Å². The Kier molecular flexibility index (Phi) is 4.31. The van der Waals surface area contributed by atoms with Crippen molar-refractivity contribution in [2.75, 3.05) is 18.4 Å². The second kappa shape index (κ2) is 5.74. The summed E-state index contributed by atoms with van der Waals surface area (Å²) in [5.74, 6) is 1.12. The molecule has 0 unspecified atom stereocenters. The lowest BCUT2D eigenvalue weighted by molar-refractivity contribution is 0.249. The number of rotatable bonds is 5. The molecule has 0 spiro atoms. The molecule has 5 N–H and O–H groups in total. The predicted molar refractivity (Wildman–Crippen MR) is 60.3 cm³/mol. The number of aryl methyl sites for hydroxylation is 1. The van der Waals surface area contributed by atoms with Crippen molar-refractivity contribution in [3.8, 4) is 0 Å². The number of amides is 2. The highest BCUT2D eigenvalue weighted by atomic mass is 16.2. The fourth-order valence-corrected chi connectivity index (χ4v) is 1.14. The quantitative estimate of drug-likeness (QED) is 0.502. The minimum absolute atomic E-state index is 0.197. The van der Waals surface area contributed by atoms with Gasteiger partial charge in [0.1, 0.15) is 11.6 Å². The van der Waals surface area contributed by atoms with Crippen LogP contribution in [-0.2, 0) is 6.42 Å². The van der Waals surface area contributed by atoms with Crippen LogP contribution in [0.4, 0.5) is 10.6 Å². The Balaban J connectivity index is 2.50. The molecule has 0 aliphatic carbocycles. The van der Waals surface area contributed by atoms with Crippen LogP contribution < -0.4 is 21.9 Å². The molecule has 0 aliphatic rings.